The highest BCUT2D eigenvalue weighted by Gasteiger charge is 2.24. The monoisotopic (exact) mass is 420 g/mol. The van der Waals surface area contributed by atoms with Gasteiger partial charge in [-0.3, -0.25) is 9.69 Å². The zero-order valence-electron chi connectivity index (χ0n) is 18.4. The predicted octanol–water partition coefficient (Wildman–Crippen LogP) is 3.97. The van der Waals surface area contributed by atoms with Crippen molar-refractivity contribution in [1.82, 2.24) is 9.80 Å². The molecule has 1 amide bonds. The minimum atomic E-state index is 0.169. The van der Waals surface area contributed by atoms with E-state index >= 15 is 0 Å². The number of carbonyl (C=O) groups is 1. The van der Waals surface area contributed by atoms with Crippen LogP contribution in [0.3, 0.4) is 0 Å². The third kappa shape index (κ3) is 3.76. The van der Waals surface area contributed by atoms with Gasteiger partial charge in [-0.05, 0) is 55.2 Å². The van der Waals surface area contributed by atoms with Crippen LogP contribution in [0.2, 0.25) is 0 Å². The quantitative estimate of drug-likeness (QED) is 0.639. The van der Waals surface area contributed by atoms with Gasteiger partial charge in [-0.15, -0.1) is 0 Å². The van der Waals surface area contributed by atoms with Crippen molar-refractivity contribution in [2.75, 3.05) is 33.0 Å². The van der Waals surface area contributed by atoms with E-state index in [0.29, 0.717) is 13.2 Å². The van der Waals surface area contributed by atoms with E-state index in [4.69, 9.17) is 13.9 Å². The second-order valence-corrected chi connectivity index (χ2v) is 8.62. The Kier molecular flexibility index (Phi) is 5.10. The molecule has 1 saturated heterocycles. The standard InChI is InChI=1S/C25H28N2O4/c1-16-10-17(2)24-20(14-29-25(24)18(16)3)12-23(28)27-8-6-26(7-9-27)13-19-4-5-21-22(11-19)31-15-30-21/h4-5,10-11,14H,6-9,12-13,15H2,1-3H3. The Morgan fingerprint density at radius 2 is 1.74 bits per heavy atom. The summed E-state index contributed by atoms with van der Waals surface area (Å²) in [6, 6.07) is 8.28. The number of piperazine rings is 1. The highest BCUT2D eigenvalue weighted by molar-refractivity contribution is 5.92. The van der Waals surface area contributed by atoms with Crippen LogP contribution in [0, 0.1) is 20.8 Å². The molecule has 2 aliphatic rings. The molecule has 0 N–H and O–H groups in total. The SMILES string of the molecule is Cc1cc(C)c2c(CC(=O)N3CCN(Cc4ccc5c(c4)OCO5)CC3)coc2c1C. The van der Waals surface area contributed by atoms with Crippen LogP contribution in [0.4, 0.5) is 0 Å². The first-order valence-electron chi connectivity index (χ1n) is 10.8. The van der Waals surface area contributed by atoms with E-state index in [1.807, 2.05) is 11.0 Å². The zero-order chi connectivity index (χ0) is 21.5. The summed E-state index contributed by atoms with van der Waals surface area (Å²) in [6.07, 6.45) is 2.15. The molecule has 0 saturated carbocycles. The first-order valence-corrected chi connectivity index (χ1v) is 10.8. The number of carbonyl (C=O) groups excluding carboxylic acids is 1. The number of amides is 1. The summed E-state index contributed by atoms with van der Waals surface area (Å²) in [4.78, 5) is 17.4. The Bertz CT molecular complexity index is 1140. The van der Waals surface area contributed by atoms with Gasteiger partial charge in [-0.1, -0.05) is 12.1 Å². The van der Waals surface area contributed by atoms with Crippen molar-refractivity contribution < 1.29 is 18.7 Å². The van der Waals surface area contributed by atoms with Gasteiger partial charge in [0.2, 0.25) is 12.7 Å². The first kappa shape index (κ1) is 19.9. The van der Waals surface area contributed by atoms with Crippen LogP contribution in [0.15, 0.2) is 34.9 Å². The van der Waals surface area contributed by atoms with Gasteiger partial charge >= 0.3 is 0 Å². The van der Waals surface area contributed by atoms with Crippen molar-refractivity contribution in [3.05, 3.63) is 58.3 Å². The molecule has 2 aliphatic heterocycles. The van der Waals surface area contributed by atoms with Crippen LogP contribution in [0.25, 0.3) is 11.0 Å². The Balaban J connectivity index is 1.21. The van der Waals surface area contributed by atoms with Crippen molar-refractivity contribution in [3.8, 4) is 11.5 Å². The summed E-state index contributed by atoms with van der Waals surface area (Å²) in [5.74, 6) is 1.80. The van der Waals surface area contributed by atoms with Crippen LogP contribution >= 0.6 is 0 Å². The van der Waals surface area contributed by atoms with Crippen molar-refractivity contribution >= 4 is 16.9 Å². The molecular formula is C25H28N2O4. The first-order chi connectivity index (χ1) is 15.0. The highest BCUT2D eigenvalue weighted by atomic mass is 16.7. The average molecular weight is 421 g/mol. The van der Waals surface area contributed by atoms with Gasteiger partial charge in [0.1, 0.15) is 5.58 Å². The van der Waals surface area contributed by atoms with Crippen LogP contribution in [0.1, 0.15) is 27.8 Å². The normalized spacial score (nSPS) is 16.3. The Morgan fingerprint density at radius 3 is 2.55 bits per heavy atom. The number of hydrogen-bond donors (Lipinski definition) is 0. The van der Waals surface area contributed by atoms with Gasteiger partial charge in [0, 0.05) is 43.7 Å². The summed E-state index contributed by atoms with van der Waals surface area (Å²) < 4.78 is 16.7. The van der Waals surface area contributed by atoms with E-state index in [9.17, 15) is 4.79 Å². The molecule has 6 heteroatoms. The van der Waals surface area contributed by atoms with E-state index in [0.717, 1.165) is 66.3 Å². The summed E-state index contributed by atoms with van der Waals surface area (Å²) in [7, 11) is 0. The van der Waals surface area contributed by atoms with Crippen LogP contribution in [-0.4, -0.2) is 48.7 Å². The molecule has 1 aromatic heterocycles. The topological polar surface area (TPSA) is 55.2 Å². The highest BCUT2D eigenvalue weighted by Crippen LogP contribution is 2.33. The molecule has 1 fully saturated rings. The molecule has 0 aliphatic carbocycles. The van der Waals surface area contributed by atoms with Gasteiger partial charge in [-0.25, -0.2) is 0 Å². The summed E-state index contributed by atoms with van der Waals surface area (Å²) in [5.41, 5.74) is 6.64. The Hall–Kier alpha value is -2.99. The van der Waals surface area contributed by atoms with E-state index in [-0.39, 0.29) is 5.91 Å². The Labute approximate surface area is 182 Å². The second kappa shape index (κ2) is 7.93. The molecule has 2 aromatic carbocycles. The number of fused-ring (bicyclic) bond motifs is 2. The van der Waals surface area contributed by atoms with E-state index in [1.165, 1.54) is 16.7 Å². The number of ether oxygens (including phenoxy) is 2. The molecule has 31 heavy (non-hydrogen) atoms. The number of hydrogen-bond acceptors (Lipinski definition) is 5. The van der Waals surface area contributed by atoms with Crippen molar-refractivity contribution in [2.24, 2.45) is 0 Å². The van der Waals surface area contributed by atoms with Crippen LogP contribution in [-0.2, 0) is 17.8 Å². The zero-order valence-corrected chi connectivity index (χ0v) is 18.4. The van der Waals surface area contributed by atoms with Gasteiger partial charge < -0.3 is 18.8 Å². The summed E-state index contributed by atoms with van der Waals surface area (Å²) >= 11 is 0. The third-order valence-electron chi connectivity index (χ3n) is 6.54. The van der Waals surface area contributed by atoms with Crippen LogP contribution in [0.5, 0.6) is 11.5 Å². The average Bonchev–Trinajstić information content (AvgIpc) is 3.39. The number of furan rings is 1. The van der Waals surface area contributed by atoms with E-state index in [2.05, 4.69) is 43.9 Å². The summed E-state index contributed by atoms with van der Waals surface area (Å²) in [5, 5.41) is 1.10. The maximum Gasteiger partial charge on any atom is 0.231 e. The van der Waals surface area contributed by atoms with Crippen molar-refractivity contribution in [1.29, 1.82) is 0 Å². The largest absolute Gasteiger partial charge is 0.464 e. The molecule has 0 bridgehead atoms. The minimum absolute atomic E-state index is 0.169. The lowest BCUT2D eigenvalue weighted by Crippen LogP contribution is -2.48. The molecule has 0 radical (unpaired) electrons. The fraction of sp³-hybridized carbons (Fsp3) is 0.400. The predicted molar refractivity (Wildman–Crippen MR) is 119 cm³/mol. The number of benzene rings is 2. The van der Waals surface area contributed by atoms with Crippen LogP contribution < -0.4 is 9.47 Å². The van der Waals surface area contributed by atoms with Crippen molar-refractivity contribution in [2.45, 2.75) is 33.7 Å². The molecule has 0 atom stereocenters. The fourth-order valence-electron chi connectivity index (χ4n) is 4.64. The summed E-state index contributed by atoms with van der Waals surface area (Å²) in [6.45, 7) is 10.6. The maximum absolute atomic E-state index is 13.0. The second-order valence-electron chi connectivity index (χ2n) is 8.62. The number of aryl methyl sites for hydroxylation is 3. The molecular weight excluding hydrogens is 392 g/mol. The lowest BCUT2D eigenvalue weighted by atomic mass is 9.98. The van der Waals surface area contributed by atoms with Gasteiger partial charge in [0.25, 0.3) is 0 Å². The third-order valence-corrected chi connectivity index (χ3v) is 6.54. The molecule has 6 nitrogen and oxygen atoms in total. The van der Waals surface area contributed by atoms with E-state index in [1.54, 1.807) is 6.26 Å². The van der Waals surface area contributed by atoms with Gasteiger partial charge in [0.05, 0.1) is 12.7 Å². The molecule has 3 aromatic rings. The fourth-order valence-corrected chi connectivity index (χ4v) is 4.64. The Morgan fingerprint density at radius 1 is 0.968 bits per heavy atom. The molecule has 3 heterocycles. The smallest absolute Gasteiger partial charge is 0.231 e. The number of nitrogens with zero attached hydrogens (tertiary/aromatic N) is 2. The molecule has 0 spiro atoms. The lowest BCUT2D eigenvalue weighted by molar-refractivity contribution is -0.132. The van der Waals surface area contributed by atoms with Gasteiger partial charge in [0.15, 0.2) is 11.5 Å². The van der Waals surface area contributed by atoms with E-state index < -0.39 is 0 Å². The number of rotatable bonds is 4. The maximum atomic E-state index is 13.0. The lowest BCUT2D eigenvalue weighted by Gasteiger charge is -2.34. The van der Waals surface area contributed by atoms with Crippen molar-refractivity contribution in [3.63, 3.8) is 0 Å². The minimum Gasteiger partial charge on any atom is -0.464 e. The molecule has 0 unspecified atom stereocenters. The molecule has 5 rings (SSSR count). The van der Waals surface area contributed by atoms with Gasteiger partial charge in [-0.2, -0.15) is 0 Å². The molecule has 162 valence electrons.